The molecule has 4 nitrogen and oxygen atoms in total. The fourth-order valence-electron chi connectivity index (χ4n) is 1.67. The van der Waals surface area contributed by atoms with E-state index in [0.29, 0.717) is 13.0 Å². The second kappa shape index (κ2) is 4.84. The van der Waals surface area contributed by atoms with Crippen LogP contribution in [0.15, 0.2) is 5.16 Å². The molecule has 1 atom stereocenters. The predicted octanol–water partition coefficient (Wildman–Crippen LogP) is 1.57. The molecule has 0 aliphatic heterocycles. The Morgan fingerprint density at radius 3 is 3.15 bits per heavy atom. The first kappa shape index (κ1) is 10.0. The summed E-state index contributed by atoms with van der Waals surface area (Å²) in [5, 5.41) is 11.8. The minimum atomic E-state index is -0.199. The first-order valence-corrected chi connectivity index (χ1v) is 4.64. The summed E-state index contributed by atoms with van der Waals surface area (Å²) in [6.45, 7) is 2.20. The van der Waals surface area contributed by atoms with Gasteiger partial charge in [0.15, 0.2) is 0 Å². The molecule has 1 saturated carbocycles. The van der Waals surface area contributed by atoms with Gasteiger partial charge in [0.1, 0.15) is 0 Å². The third-order valence-electron chi connectivity index (χ3n) is 2.30. The normalized spacial score (nSPS) is 25.0. The smallest absolute Gasteiger partial charge is 0.306 e. The van der Waals surface area contributed by atoms with Crippen LogP contribution < -0.4 is 0 Å². The lowest BCUT2D eigenvalue weighted by Gasteiger charge is -2.08. The highest BCUT2D eigenvalue weighted by molar-refractivity contribution is 5.90. The fourth-order valence-corrected chi connectivity index (χ4v) is 1.67. The number of carbonyl (C=O) groups excluding carboxylic acids is 1. The minimum Gasteiger partial charge on any atom is -0.466 e. The molecule has 0 amide bonds. The quantitative estimate of drug-likeness (QED) is 0.412. The maximum Gasteiger partial charge on any atom is 0.306 e. The van der Waals surface area contributed by atoms with Gasteiger partial charge in [0.25, 0.3) is 0 Å². The zero-order valence-electron chi connectivity index (χ0n) is 7.82. The van der Waals surface area contributed by atoms with Crippen molar-refractivity contribution in [3.05, 3.63) is 0 Å². The van der Waals surface area contributed by atoms with Crippen LogP contribution in [0.1, 0.15) is 32.6 Å². The van der Waals surface area contributed by atoms with Crippen LogP contribution in [0.2, 0.25) is 0 Å². The Labute approximate surface area is 77.6 Å². The summed E-state index contributed by atoms with van der Waals surface area (Å²) in [7, 11) is 0. The molecule has 1 N–H and O–H groups in total. The monoisotopic (exact) mass is 185 g/mol. The molecule has 74 valence electrons. The number of rotatable bonds is 3. The van der Waals surface area contributed by atoms with E-state index in [1.807, 2.05) is 0 Å². The van der Waals surface area contributed by atoms with Gasteiger partial charge in [-0.15, -0.1) is 0 Å². The van der Waals surface area contributed by atoms with E-state index in [1.165, 1.54) is 0 Å². The standard InChI is InChI=1S/C9H15NO3/c1-2-13-9(11)6-7-4-3-5-8(7)10-12/h7,12H,2-6H2,1H3/b10-8+/t7-/m1/s1. The van der Waals surface area contributed by atoms with Crippen LogP contribution >= 0.6 is 0 Å². The van der Waals surface area contributed by atoms with Gasteiger partial charge < -0.3 is 9.94 Å². The molecule has 1 rings (SSSR count). The topological polar surface area (TPSA) is 58.9 Å². The maximum atomic E-state index is 11.1. The van der Waals surface area contributed by atoms with Gasteiger partial charge in [0.05, 0.1) is 18.7 Å². The Bertz CT molecular complexity index is 213. The average Bonchev–Trinajstić information content (AvgIpc) is 2.52. The van der Waals surface area contributed by atoms with Crippen molar-refractivity contribution in [1.82, 2.24) is 0 Å². The largest absolute Gasteiger partial charge is 0.466 e. The highest BCUT2D eigenvalue weighted by Gasteiger charge is 2.25. The van der Waals surface area contributed by atoms with Gasteiger partial charge in [-0.1, -0.05) is 5.16 Å². The molecule has 13 heavy (non-hydrogen) atoms. The van der Waals surface area contributed by atoms with Crippen molar-refractivity contribution in [3.63, 3.8) is 0 Å². The molecular formula is C9H15NO3. The van der Waals surface area contributed by atoms with Crippen molar-refractivity contribution in [1.29, 1.82) is 0 Å². The van der Waals surface area contributed by atoms with Crippen molar-refractivity contribution >= 4 is 11.7 Å². The average molecular weight is 185 g/mol. The number of oxime groups is 1. The summed E-state index contributed by atoms with van der Waals surface area (Å²) in [6.07, 6.45) is 3.09. The lowest BCUT2D eigenvalue weighted by atomic mass is 10.0. The van der Waals surface area contributed by atoms with Gasteiger partial charge in [-0.2, -0.15) is 0 Å². The lowest BCUT2D eigenvalue weighted by molar-refractivity contribution is -0.143. The first-order chi connectivity index (χ1) is 6.27. The molecule has 0 bridgehead atoms. The van der Waals surface area contributed by atoms with E-state index in [1.54, 1.807) is 6.92 Å². The molecule has 1 fully saturated rings. The van der Waals surface area contributed by atoms with Crippen molar-refractivity contribution < 1.29 is 14.7 Å². The van der Waals surface area contributed by atoms with Crippen molar-refractivity contribution in [2.75, 3.05) is 6.61 Å². The molecule has 0 radical (unpaired) electrons. The second-order valence-corrected chi connectivity index (χ2v) is 3.19. The summed E-state index contributed by atoms with van der Waals surface area (Å²) in [4.78, 5) is 11.1. The number of carbonyl (C=O) groups is 1. The molecule has 0 heterocycles. The van der Waals surface area contributed by atoms with Gasteiger partial charge >= 0.3 is 5.97 Å². The third kappa shape index (κ3) is 2.72. The minimum absolute atomic E-state index is 0.101. The molecule has 0 spiro atoms. The van der Waals surface area contributed by atoms with E-state index in [9.17, 15) is 4.79 Å². The molecule has 1 aliphatic rings. The molecule has 0 aromatic heterocycles. The van der Waals surface area contributed by atoms with E-state index in [-0.39, 0.29) is 11.9 Å². The summed E-state index contributed by atoms with van der Waals surface area (Å²) < 4.78 is 4.82. The summed E-state index contributed by atoms with van der Waals surface area (Å²) in [5.74, 6) is -0.0976. The Balaban J connectivity index is 2.40. The lowest BCUT2D eigenvalue weighted by Crippen LogP contribution is -2.15. The highest BCUT2D eigenvalue weighted by Crippen LogP contribution is 2.25. The van der Waals surface area contributed by atoms with Gasteiger partial charge in [0, 0.05) is 5.92 Å². The van der Waals surface area contributed by atoms with E-state index in [0.717, 1.165) is 25.0 Å². The van der Waals surface area contributed by atoms with Gasteiger partial charge in [-0.25, -0.2) is 0 Å². The number of ether oxygens (including phenoxy) is 1. The fraction of sp³-hybridized carbons (Fsp3) is 0.778. The van der Waals surface area contributed by atoms with Gasteiger partial charge in [-0.3, -0.25) is 4.79 Å². The van der Waals surface area contributed by atoms with Crippen LogP contribution in [0.4, 0.5) is 0 Å². The second-order valence-electron chi connectivity index (χ2n) is 3.19. The van der Waals surface area contributed by atoms with Gasteiger partial charge in [-0.05, 0) is 26.2 Å². The van der Waals surface area contributed by atoms with E-state index in [2.05, 4.69) is 5.16 Å². The van der Waals surface area contributed by atoms with E-state index >= 15 is 0 Å². The van der Waals surface area contributed by atoms with Crippen molar-refractivity contribution in [3.8, 4) is 0 Å². The zero-order valence-corrected chi connectivity index (χ0v) is 7.82. The molecule has 1 aliphatic carbocycles. The molecule has 0 saturated heterocycles. The molecule has 0 aromatic carbocycles. The van der Waals surface area contributed by atoms with Gasteiger partial charge in [0.2, 0.25) is 0 Å². The molecule has 4 heteroatoms. The molecule has 0 unspecified atom stereocenters. The Morgan fingerprint density at radius 1 is 1.77 bits per heavy atom. The van der Waals surface area contributed by atoms with Crippen LogP contribution in [0.3, 0.4) is 0 Å². The van der Waals surface area contributed by atoms with Crippen molar-refractivity contribution in [2.45, 2.75) is 32.6 Å². The highest BCUT2D eigenvalue weighted by atomic mass is 16.5. The van der Waals surface area contributed by atoms with Crippen LogP contribution in [-0.4, -0.2) is 23.5 Å². The number of nitrogens with zero attached hydrogens (tertiary/aromatic N) is 1. The van der Waals surface area contributed by atoms with E-state index < -0.39 is 0 Å². The van der Waals surface area contributed by atoms with Crippen LogP contribution in [-0.2, 0) is 9.53 Å². The Hall–Kier alpha value is -1.06. The van der Waals surface area contributed by atoms with E-state index in [4.69, 9.17) is 9.94 Å². The van der Waals surface area contributed by atoms with Crippen LogP contribution in [0.5, 0.6) is 0 Å². The third-order valence-corrected chi connectivity index (χ3v) is 2.30. The van der Waals surface area contributed by atoms with Crippen LogP contribution in [0, 0.1) is 5.92 Å². The molecular weight excluding hydrogens is 170 g/mol. The number of hydrogen-bond acceptors (Lipinski definition) is 4. The SMILES string of the molecule is CCOC(=O)C[C@H]1CCC/C1=N\O. The summed E-state index contributed by atoms with van der Waals surface area (Å²) in [6, 6.07) is 0. The predicted molar refractivity (Wildman–Crippen MR) is 47.8 cm³/mol. The maximum absolute atomic E-state index is 11.1. The van der Waals surface area contributed by atoms with Crippen LogP contribution in [0.25, 0.3) is 0 Å². The zero-order chi connectivity index (χ0) is 9.68. The molecule has 0 aromatic rings. The Morgan fingerprint density at radius 2 is 2.54 bits per heavy atom. The summed E-state index contributed by atoms with van der Waals surface area (Å²) in [5.41, 5.74) is 0.744. The van der Waals surface area contributed by atoms with Crippen molar-refractivity contribution in [2.24, 2.45) is 11.1 Å². The number of hydrogen-bond donors (Lipinski definition) is 1. The summed E-state index contributed by atoms with van der Waals surface area (Å²) >= 11 is 0. The Kier molecular flexibility index (Phi) is 3.73. The first-order valence-electron chi connectivity index (χ1n) is 4.64. The number of esters is 1.